The fourth-order valence-electron chi connectivity index (χ4n) is 2.59. The molecule has 0 aliphatic rings. The van der Waals surface area contributed by atoms with Gasteiger partial charge in [0.2, 0.25) is 5.91 Å². The molecule has 1 aromatic heterocycles. The molecule has 0 radical (unpaired) electrons. The normalized spacial score (nSPS) is 11.9. The van der Waals surface area contributed by atoms with Gasteiger partial charge < -0.3 is 14.6 Å². The number of amides is 1. The number of carbonyl (C=O) groups excluding carboxylic acids is 1. The van der Waals surface area contributed by atoms with Crippen molar-refractivity contribution >= 4 is 46.6 Å². The van der Waals surface area contributed by atoms with Crippen molar-refractivity contribution in [2.75, 3.05) is 11.1 Å². The maximum atomic E-state index is 12.3. The Labute approximate surface area is 183 Å². The van der Waals surface area contributed by atoms with Crippen LogP contribution in [-0.2, 0) is 11.8 Å². The Morgan fingerprint density at radius 2 is 1.93 bits per heavy atom. The number of ether oxygens (including phenoxy) is 1. The van der Waals surface area contributed by atoms with E-state index < -0.39 is 0 Å². The Morgan fingerprint density at radius 1 is 1.21 bits per heavy atom. The van der Waals surface area contributed by atoms with Crippen LogP contribution >= 0.6 is 35.0 Å². The summed E-state index contributed by atoms with van der Waals surface area (Å²) in [5.74, 6) is 1.37. The molecule has 152 valence electrons. The highest BCUT2D eigenvalue weighted by Crippen LogP contribution is 2.27. The molecule has 0 saturated heterocycles. The van der Waals surface area contributed by atoms with Crippen LogP contribution in [0, 0.1) is 6.92 Å². The van der Waals surface area contributed by atoms with Gasteiger partial charge in [0, 0.05) is 12.1 Å². The summed E-state index contributed by atoms with van der Waals surface area (Å²) in [4.78, 5) is 12.3. The van der Waals surface area contributed by atoms with Crippen LogP contribution in [0.3, 0.4) is 0 Å². The summed E-state index contributed by atoms with van der Waals surface area (Å²) in [5, 5.41) is 12.7. The molecule has 0 fully saturated rings. The number of hydrogen-bond acceptors (Lipinski definition) is 5. The average molecular weight is 451 g/mol. The van der Waals surface area contributed by atoms with E-state index in [2.05, 4.69) is 15.5 Å². The first-order chi connectivity index (χ1) is 13.8. The molecule has 1 heterocycles. The van der Waals surface area contributed by atoms with E-state index in [1.165, 1.54) is 17.3 Å². The summed E-state index contributed by atoms with van der Waals surface area (Å²) in [6.07, 6.45) is -0.288. The van der Waals surface area contributed by atoms with Crippen molar-refractivity contribution in [3.05, 3.63) is 63.9 Å². The molecule has 0 aliphatic heterocycles. The maximum absolute atomic E-state index is 12.3. The number of halogens is 2. The monoisotopic (exact) mass is 450 g/mol. The summed E-state index contributed by atoms with van der Waals surface area (Å²) in [5.41, 5.74) is 1.64. The van der Waals surface area contributed by atoms with Gasteiger partial charge in [-0.2, -0.15) is 0 Å². The lowest BCUT2D eigenvalue weighted by molar-refractivity contribution is -0.113. The number of hydrogen-bond donors (Lipinski definition) is 1. The van der Waals surface area contributed by atoms with E-state index in [-0.39, 0.29) is 17.8 Å². The number of nitrogens with one attached hydrogen (secondary N) is 1. The minimum Gasteiger partial charge on any atom is -0.483 e. The van der Waals surface area contributed by atoms with E-state index in [1.807, 2.05) is 49.7 Å². The topological polar surface area (TPSA) is 69.0 Å². The van der Waals surface area contributed by atoms with Gasteiger partial charge in [-0.05, 0) is 44.2 Å². The third-order valence-electron chi connectivity index (χ3n) is 4.10. The van der Waals surface area contributed by atoms with Crippen LogP contribution in [0.1, 0.15) is 24.4 Å². The van der Waals surface area contributed by atoms with Gasteiger partial charge in [0.15, 0.2) is 17.1 Å². The van der Waals surface area contributed by atoms with Gasteiger partial charge in [0.05, 0.1) is 16.5 Å². The summed E-state index contributed by atoms with van der Waals surface area (Å²) >= 11 is 13.3. The quantitative estimate of drug-likeness (QED) is 0.494. The molecule has 3 rings (SSSR count). The molecule has 0 aliphatic carbocycles. The number of aromatic nitrogens is 3. The second kappa shape index (κ2) is 9.52. The van der Waals surface area contributed by atoms with Crippen LogP contribution in [0.4, 0.5) is 5.69 Å². The zero-order valence-electron chi connectivity index (χ0n) is 16.1. The van der Waals surface area contributed by atoms with E-state index >= 15 is 0 Å². The molecule has 1 amide bonds. The second-order valence-corrected chi connectivity index (χ2v) is 8.22. The predicted octanol–water partition coefficient (Wildman–Crippen LogP) is 5.30. The van der Waals surface area contributed by atoms with Gasteiger partial charge in [-0.25, -0.2) is 0 Å². The maximum Gasteiger partial charge on any atom is 0.234 e. The lowest BCUT2D eigenvalue weighted by Crippen LogP contribution is -2.15. The Morgan fingerprint density at radius 3 is 2.66 bits per heavy atom. The summed E-state index contributed by atoms with van der Waals surface area (Å²) in [6, 6.07) is 12.7. The molecular formula is C20H20Cl2N4O2S. The molecule has 2 aromatic carbocycles. The first-order valence-corrected chi connectivity index (χ1v) is 10.6. The molecule has 29 heavy (non-hydrogen) atoms. The lowest BCUT2D eigenvalue weighted by Gasteiger charge is -2.14. The van der Waals surface area contributed by atoms with Crippen molar-refractivity contribution in [2.24, 2.45) is 7.05 Å². The van der Waals surface area contributed by atoms with Crippen LogP contribution in [-0.4, -0.2) is 26.4 Å². The fourth-order valence-corrected chi connectivity index (χ4v) is 3.64. The van der Waals surface area contributed by atoms with Crippen LogP contribution in [0.15, 0.2) is 47.6 Å². The molecule has 0 saturated carbocycles. The highest BCUT2D eigenvalue weighted by atomic mass is 35.5. The minimum atomic E-state index is -0.288. The Bertz CT molecular complexity index is 1010. The van der Waals surface area contributed by atoms with Gasteiger partial charge in [0.1, 0.15) is 5.75 Å². The van der Waals surface area contributed by atoms with Crippen LogP contribution in [0.5, 0.6) is 5.75 Å². The number of aryl methyl sites for hydroxylation is 1. The molecule has 6 nitrogen and oxygen atoms in total. The first-order valence-electron chi connectivity index (χ1n) is 8.84. The third kappa shape index (κ3) is 5.65. The molecule has 9 heteroatoms. The van der Waals surface area contributed by atoms with Crippen molar-refractivity contribution in [3.63, 3.8) is 0 Å². The van der Waals surface area contributed by atoms with Crippen molar-refractivity contribution in [1.29, 1.82) is 0 Å². The molecule has 0 spiro atoms. The Kier molecular flexibility index (Phi) is 7.05. The second-order valence-electron chi connectivity index (χ2n) is 6.43. The Balaban J connectivity index is 1.59. The highest BCUT2D eigenvalue weighted by molar-refractivity contribution is 7.99. The summed E-state index contributed by atoms with van der Waals surface area (Å²) in [6.45, 7) is 3.93. The van der Waals surface area contributed by atoms with E-state index in [1.54, 1.807) is 18.2 Å². The summed E-state index contributed by atoms with van der Waals surface area (Å²) in [7, 11) is 1.85. The number of nitrogens with zero attached hydrogens (tertiary/aromatic N) is 3. The van der Waals surface area contributed by atoms with Crippen LogP contribution < -0.4 is 10.1 Å². The van der Waals surface area contributed by atoms with Crippen molar-refractivity contribution in [3.8, 4) is 5.75 Å². The number of thioether (sulfide) groups is 1. The number of rotatable bonds is 7. The summed E-state index contributed by atoms with van der Waals surface area (Å²) < 4.78 is 7.76. The smallest absolute Gasteiger partial charge is 0.234 e. The minimum absolute atomic E-state index is 0.155. The molecular weight excluding hydrogens is 431 g/mol. The largest absolute Gasteiger partial charge is 0.483 e. The SMILES string of the molecule is Cc1ccc(OC(C)c2nnc(SCC(=O)Nc3cc(Cl)ccc3Cl)n2C)cc1. The first kappa shape index (κ1) is 21.5. The van der Waals surface area contributed by atoms with Crippen LogP contribution in [0.2, 0.25) is 10.0 Å². The molecule has 3 aromatic rings. The van der Waals surface area contributed by atoms with Crippen molar-refractivity contribution in [1.82, 2.24) is 14.8 Å². The molecule has 1 unspecified atom stereocenters. The highest BCUT2D eigenvalue weighted by Gasteiger charge is 2.18. The van der Waals surface area contributed by atoms with Crippen LogP contribution in [0.25, 0.3) is 0 Å². The molecule has 1 N–H and O–H groups in total. The zero-order chi connectivity index (χ0) is 21.0. The molecule has 1 atom stereocenters. The van der Waals surface area contributed by atoms with Crippen molar-refractivity contribution < 1.29 is 9.53 Å². The van der Waals surface area contributed by atoms with E-state index in [0.717, 1.165) is 5.75 Å². The van der Waals surface area contributed by atoms with Gasteiger partial charge in [-0.3, -0.25) is 4.79 Å². The third-order valence-corrected chi connectivity index (χ3v) is 5.69. The van der Waals surface area contributed by atoms with Gasteiger partial charge in [0.25, 0.3) is 0 Å². The zero-order valence-corrected chi connectivity index (χ0v) is 18.5. The number of benzene rings is 2. The number of anilines is 1. The van der Waals surface area contributed by atoms with Gasteiger partial charge >= 0.3 is 0 Å². The number of carbonyl (C=O) groups is 1. The van der Waals surface area contributed by atoms with E-state index in [9.17, 15) is 4.79 Å². The van der Waals surface area contributed by atoms with Gasteiger partial charge in [-0.1, -0.05) is 52.7 Å². The van der Waals surface area contributed by atoms with Crippen molar-refractivity contribution in [2.45, 2.75) is 25.1 Å². The average Bonchev–Trinajstić information content (AvgIpc) is 3.05. The lowest BCUT2D eigenvalue weighted by atomic mass is 10.2. The predicted molar refractivity (Wildman–Crippen MR) is 117 cm³/mol. The van der Waals surface area contributed by atoms with E-state index in [0.29, 0.717) is 26.7 Å². The van der Waals surface area contributed by atoms with Gasteiger partial charge in [-0.15, -0.1) is 10.2 Å². The molecule has 0 bridgehead atoms. The standard InChI is InChI=1S/C20H20Cl2N4O2S/c1-12-4-7-15(8-5-12)28-13(2)19-24-25-20(26(19)3)29-11-18(27)23-17-10-14(21)6-9-16(17)22/h4-10,13H,11H2,1-3H3,(H,23,27). The Hall–Kier alpha value is -2.22. The fraction of sp³-hybridized carbons (Fsp3) is 0.250. The van der Waals surface area contributed by atoms with E-state index in [4.69, 9.17) is 27.9 Å².